The number of piperidine rings is 1. The number of nitrogens with one attached hydrogen (secondary N) is 1. The van der Waals surface area contributed by atoms with Crippen LogP contribution in [0.25, 0.3) is 0 Å². The van der Waals surface area contributed by atoms with E-state index >= 15 is 0 Å². The zero-order valence-electron chi connectivity index (χ0n) is 12.1. The SMILES string of the molecule is O=C(C1CCCCC1)N(CC1CCCNC1)C1CC1. The van der Waals surface area contributed by atoms with Gasteiger partial charge in [0.15, 0.2) is 0 Å². The highest BCUT2D eigenvalue weighted by molar-refractivity contribution is 5.79. The van der Waals surface area contributed by atoms with Crippen molar-refractivity contribution in [2.24, 2.45) is 11.8 Å². The van der Waals surface area contributed by atoms with Gasteiger partial charge in [0.25, 0.3) is 0 Å². The fourth-order valence-electron chi connectivity index (χ4n) is 3.75. The van der Waals surface area contributed by atoms with Crippen LogP contribution in [0.4, 0.5) is 0 Å². The van der Waals surface area contributed by atoms with Crippen LogP contribution in [-0.2, 0) is 4.79 Å². The van der Waals surface area contributed by atoms with Gasteiger partial charge in [-0.05, 0) is 57.5 Å². The summed E-state index contributed by atoms with van der Waals surface area (Å²) in [5.41, 5.74) is 0. The van der Waals surface area contributed by atoms with Crippen molar-refractivity contribution in [1.29, 1.82) is 0 Å². The molecule has 2 aliphatic carbocycles. The molecule has 3 fully saturated rings. The lowest BCUT2D eigenvalue weighted by Crippen LogP contribution is -2.44. The molecule has 1 heterocycles. The van der Waals surface area contributed by atoms with Gasteiger partial charge in [0.1, 0.15) is 0 Å². The van der Waals surface area contributed by atoms with E-state index in [2.05, 4.69) is 10.2 Å². The Morgan fingerprint density at radius 3 is 2.42 bits per heavy atom. The van der Waals surface area contributed by atoms with Crippen molar-refractivity contribution >= 4 is 5.91 Å². The maximum absolute atomic E-state index is 12.8. The number of hydrogen-bond donors (Lipinski definition) is 1. The average Bonchev–Trinajstić information content (AvgIpc) is 3.31. The Bertz CT molecular complexity index is 302. The molecule has 1 atom stereocenters. The van der Waals surface area contributed by atoms with Gasteiger partial charge in [0, 0.05) is 18.5 Å². The van der Waals surface area contributed by atoms with Crippen LogP contribution in [0.5, 0.6) is 0 Å². The van der Waals surface area contributed by atoms with E-state index in [-0.39, 0.29) is 0 Å². The largest absolute Gasteiger partial charge is 0.339 e. The molecule has 0 bridgehead atoms. The number of amides is 1. The predicted molar refractivity (Wildman–Crippen MR) is 76.9 cm³/mol. The summed E-state index contributed by atoms with van der Waals surface area (Å²) in [5, 5.41) is 3.48. The Balaban J connectivity index is 1.57. The molecule has 1 aliphatic heterocycles. The Hall–Kier alpha value is -0.570. The van der Waals surface area contributed by atoms with E-state index in [9.17, 15) is 4.79 Å². The molecule has 3 rings (SSSR count). The van der Waals surface area contributed by atoms with Crippen LogP contribution < -0.4 is 5.32 Å². The summed E-state index contributed by atoms with van der Waals surface area (Å²) in [6, 6.07) is 0.594. The molecule has 1 saturated heterocycles. The first kappa shape index (κ1) is 13.4. The van der Waals surface area contributed by atoms with Gasteiger partial charge in [-0.1, -0.05) is 19.3 Å². The van der Waals surface area contributed by atoms with Crippen LogP contribution in [0.2, 0.25) is 0 Å². The minimum Gasteiger partial charge on any atom is -0.339 e. The van der Waals surface area contributed by atoms with Crippen molar-refractivity contribution in [1.82, 2.24) is 10.2 Å². The highest BCUT2D eigenvalue weighted by Gasteiger charge is 2.37. The molecule has 0 spiro atoms. The van der Waals surface area contributed by atoms with Gasteiger partial charge in [-0.25, -0.2) is 0 Å². The lowest BCUT2D eigenvalue weighted by atomic mass is 9.87. The molecular formula is C16H28N2O. The summed E-state index contributed by atoms with van der Waals surface area (Å²) in [6.07, 6.45) is 11.2. The summed E-state index contributed by atoms with van der Waals surface area (Å²) in [7, 11) is 0. The van der Waals surface area contributed by atoms with Crippen LogP contribution >= 0.6 is 0 Å². The molecule has 3 aliphatic rings. The van der Waals surface area contributed by atoms with E-state index < -0.39 is 0 Å². The van der Waals surface area contributed by atoms with Crippen molar-refractivity contribution in [3.8, 4) is 0 Å². The Morgan fingerprint density at radius 1 is 1.00 bits per heavy atom. The molecule has 2 saturated carbocycles. The van der Waals surface area contributed by atoms with Gasteiger partial charge in [0.2, 0.25) is 5.91 Å². The van der Waals surface area contributed by atoms with Crippen molar-refractivity contribution in [2.45, 2.75) is 63.8 Å². The normalized spacial score (nSPS) is 29.2. The van der Waals surface area contributed by atoms with Gasteiger partial charge in [-0.2, -0.15) is 0 Å². The molecule has 1 amide bonds. The topological polar surface area (TPSA) is 32.3 Å². The molecule has 19 heavy (non-hydrogen) atoms. The Labute approximate surface area is 117 Å². The third-order valence-electron chi connectivity index (χ3n) is 5.08. The monoisotopic (exact) mass is 264 g/mol. The van der Waals surface area contributed by atoms with E-state index in [1.165, 1.54) is 44.9 Å². The molecule has 1 unspecified atom stereocenters. The van der Waals surface area contributed by atoms with E-state index in [1.807, 2.05) is 0 Å². The molecule has 0 aromatic carbocycles. The van der Waals surface area contributed by atoms with Crippen molar-refractivity contribution in [3.05, 3.63) is 0 Å². The van der Waals surface area contributed by atoms with Crippen molar-refractivity contribution < 1.29 is 4.79 Å². The lowest BCUT2D eigenvalue weighted by Gasteiger charge is -2.33. The van der Waals surface area contributed by atoms with Crippen molar-refractivity contribution in [2.75, 3.05) is 19.6 Å². The highest BCUT2D eigenvalue weighted by atomic mass is 16.2. The summed E-state index contributed by atoms with van der Waals surface area (Å²) in [4.78, 5) is 15.0. The van der Waals surface area contributed by atoms with Crippen molar-refractivity contribution in [3.63, 3.8) is 0 Å². The fraction of sp³-hybridized carbons (Fsp3) is 0.938. The number of rotatable bonds is 4. The van der Waals surface area contributed by atoms with E-state index in [0.717, 1.165) is 32.5 Å². The first-order chi connectivity index (χ1) is 9.34. The average molecular weight is 264 g/mol. The van der Waals surface area contributed by atoms with Gasteiger partial charge in [-0.15, -0.1) is 0 Å². The smallest absolute Gasteiger partial charge is 0.225 e. The molecule has 3 nitrogen and oxygen atoms in total. The molecule has 0 aromatic rings. The van der Waals surface area contributed by atoms with Crippen LogP contribution in [0, 0.1) is 11.8 Å². The highest BCUT2D eigenvalue weighted by Crippen LogP contribution is 2.33. The fourth-order valence-corrected chi connectivity index (χ4v) is 3.75. The molecule has 0 aromatic heterocycles. The van der Waals surface area contributed by atoms with Gasteiger partial charge < -0.3 is 10.2 Å². The number of carbonyl (C=O) groups is 1. The molecule has 1 N–H and O–H groups in total. The first-order valence-electron chi connectivity index (χ1n) is 8.36. The summed E-state index contributed by atoms with van der Waals surface area (Å²) >= 11 is 0. The Kier molecular flexibility index (Phi) is 4.42. The van der Waals surface area contributed by atoms with Crippen LogP contribution in [0.15, 0.2) is 0 Å². The number of nitrogens with zero attached hydrogens (tertiary/aromatic N) is 1. The van der Waals surface area contributed by atoms with Gasteiger partial charge >= 0.3 is 0 Å². The number of carbonyl (C=O) groups excluding carboxylic acids is 1. The first-order valence-corrected chi connectivity index (χ1v) is 8.36. The maximum atomic E-state index is 12.8. The minimum atomic E-state index is 0.353. The van der Waals surface area contributed by atoms with E-state index in [4.69, 9.17) is 0 Å². The lowest BCUT2D eigenvalue weighted by molar-refractivity contribution is -0.138. The van der Waals surface area contributed by atoms with Crippen LogP contribution in [0.3, 0.4) is 0 Å². The second kappa shape index (κ2) is 6.25. The number of hydrogen-bond acceptors (Lipinski definition) is 2. The molecule has 0 radical (unpaired) electrons. The molecular weight excluding hydrogens is 236 g/mol. The minimum absolute atomic E-state index is 0.353. The second-order valence-corrected chi connectivity index (χ2v) is 6.77. The maximum Gasteiger partial charge on any atom is 0.225 e. The summed E-state index contributed by atoms with van der Waals surface area (Å²) in [6.45, 7) is 3.30. The zero-order chi connectivity index (χ0) is 13.1. The van der Waals surface area contributed by atoms with E-state index in [0.29, 0.717) is 23.8 Å². The van der Waals surface area contributed by atoms with Crippen LogP contribution in [0.1, 0.15) is 57.8 Å². The third kappa shape index (κ3) is 3.50. The zero-order valence-corrected chi connectivity index (χ0v) is 12.1. The van der Waals surface area contributed by atoms with E-state index in [1.54, 1.807) is 0 Å². The quantitative estimate of drug-likeness (QED) is 0.846. The van der Waals surface area contributed by atoms with Gasteiger partial charge in [0.05, 0.1) is 0 Å². The van der Waals surface area contributed by atoms with Crippen LogP contribution in [-0.4, -0.2) is 36.5 Å². The standard InChI is InChI=1S/C16H28N2O/c19-16(14-6-2-1-3-7-14)18(15-8-9-15)12-13-5-4-10-17-11-13/h13-15,17H,1-12H2. The van der Waals surface area contributed by atoms with Gasteiger partial charge in [-0.3, -0.25) is 4.79 Å². The predicted octanol–water partition coefficient (Wildman–Crippen LogP) is 2.56. The summed E-state index contributed by atoms with van der Waals surface area (Å²) in [5.74, 6) is 1.54. The summed E-state index contributed by atoms with van der Waals surface area (Å²) < 4.78 is 0. The Morgan fingerprint density at radius 2 is 1.79 bits per heavy atom. The second-order valence-electron chi connectivity index (χ2n) is 6.77. The molecule has 3 heteroatoms. The molecule has 108 valence electrons. The third-order valence-corrected chi connectivity index (χ3v) is 5.08.